The molecule has 0 atom stereocenters. The quantitative estimate of drug-likeness (QED) is 0.252. The van der Waals surface area contributed by atoms with E-state index in [1.807, 2.05) is 0 Å². The lowest BCUT2D eigenvalue weighted by Crippen LogP contribution is -2.19. The van der Waals surface area contributed by atoms with Gasteiger partial charge >= 0.3 is 0 Å². The number of hydrogen-bond donors (Lipinski definition) is 1. The predicted molar refractivity (Wildman–Crippen MR) is 126 cm³/mol. The second-order valence-corrected chi connectivity index (χ2v) is 7.39. The summed E-state index contributed by atoms with van der Waals surface area (Å²) in [6.45, 7) is 2.09. The molecule has 0 saturated heterocycles. The average Bonchev–Trinajstić information content (AvgIpc) is 2.83. The number of nitro groups is 1. The van der Waals surface area contributed by atoms with E-state index in [2.05, 4.69) is 10.5 Å². The van der Waals surface area contributed by atoms with Crippen LogP contribution >= 0.6 is 11.6 Å². The number of amides is 1. The molecule has 0 unspecified atom stereocenters. The minimum absolute atomic E-state index is 0.0150. The highest BCUT2D eigenvalue weighted by atomic mass is 35.5. The normalized spacial score (nSPS) is 10.6. The Morgan fingerprint density at radius 3 is 2.74 bits per heavy atom. The fourth-order valence-electron chi connectivity index (χ4n) is 2.98. The van der Waals surface area contributed by atoms with Crippen LogP contribution in [0.25, 0.3) is 0 Å². The molecule has 0 fully saturated rings. The van der Waals surface area contributed by atoms with E-state index in [1.165, 1.54) is 36.5 Å². The maximum Gasteiger partial charge on any atom is 0.274 e. The van der Waals surface area contributed by atoms with E-state index < -0.39 is 16.6 Å². The number of rotatable bonds is 9. The molecule has 0 radical (unpaired) electrons. The highest BCUT2D eigenvalue weighted by Crippen LogP contribution is 2.37. The molecule has 0 saturated carbocycles. The van der Waals surface area contributed by atoms with E-state index in [0.717, 1.165) is 6.07 Å². The van der Waals surface area contributed by atoms with Crippen LogP contribution in [0.2, 0.25) is 5.02 Å². The third-order valence-electron chi connectivity index (χ3n) is 4.56. The van der Waals surface area contributed by atoms with Gasteiger partial charge in [-0.15, -0.1) is 0 Å². The van der Waals surface area contributed by atoms with Crippen molar-refractivity contribution < 1.29 is 23.6 Å². The number of non-ortho nitro benzene ring substituents is 1. The van der Waals surface area contributed by atoms with Gasteiger partial charge in [-0.25, -0.2) is 9.82 Å². The van der Waals surface area contributed by atoms with E-state index in [4.69, 9.17) is 26.3 Å². The van der Waals surface area contributed by atoms with E-state index in [9.17, 15) is 19.3 Å². The lowest BCUT2D eigenvalue weighted by atomic mass is 10.1. The number of halogens is 2. The Labute approximate surface area is 204 Å². The number of benzene rings is 3. The highest BCUT2D eigenvalue weighted by Gasteiger charge is 2.15. The van der Waals surface area contributed by atoms with Crippen LogP contribution in [-0.2, 0) is 6.61 Å². The first-order chi connectivity index (χ1) is 16.8. The molecule has 35 heavy (non-hydrogen) atoms. The SMILES string of the molecule is CCOc1cc(/C=N\NC(=O)c2ccc(C#N)cc2F)cc(Cl)c1OCc1cccc([N+](=O)[O-])c1. The van der Waals surface area contributed by atoms with Crippen molar-refractivity contribution in [2.45, 2.75) is 13.5 Å². The van der Waals surface area contributed by atoms with Gasteiger partial charge in [-0.3, -0.25) is 14.9 Å². The van der Waals surface area contributed by atoms with E-state index >= 15 is 0 Å². The molecule has 0 spiro atoms. The maximum atomic E-state index is 14.0. The zero-order valence-electron chi connectivity index (χ0n) is 18.3. The molecule has 178 valence electrons. The van der Waals surface area contributed by atoms with E-state index in [1.54, 1.807) is 31.2 Å². The summed E-state index contributed by atoms with van der Waals surface area (Å²) in [5.74, 6) is -1.10. The number of carbonyl (C=O) groups excluding carboxylic acids is 1. The summed E-state index contributed by atoms with van der Waals surface area (Å²) in [7, 11) is 0. The summed E-state index contributed by atoms with van der Waals surface area (Å²) in [5.41, 5.74) is 3.01. The number of nitro benzene ring substituents is 1. The summed E-state index contributed by atoms with van der Waals surface area (Å²) in [6, 6.07) is 14.4. The van der Waals surface area contributed by atoms with Gasteiger partial charge in [0, 0.05) is 12.1 Å². The van der Waals surface area contributed by atoms with Crippen molar-refractivity contribution >= 4 is 29.4 Å². The largest absolute Gasteiger partial charge is 0.490 e. The zero-order chi connectivity index (χ0) is 25.4. The summed E-state index contributed by atoms with van der Waals surface area (Å²) in [5, 5.41) is 23.8. The van der Waals surface area contributed by atoms with Crippen LogP contribution < -0.4 is 14.9 Å². The molecule has 1 N–H and O–H groups in total. The topological polar surface area (TPSA) is 127 Å². The van der Waals surface area contributed by atoms with Crippen molar-refractivity contribution in [3.63, 3.8) is 0 Å². The number of carbonyl (C=O) groups is 1. The number of hydrazone groups is 1. The first-order valence-electron chi connectivity index (χ1n) is 10.2. The van der Waals surface area contributed by atoms with Crippen LogP contribution in [-0.4, -0.2) is 23.7 Å². The van der Waals surface area contributed by atoms with Gasteiger partial charge < -0.3 is 9.47 Å². The standard InChI is InChI=1S/C24H18ClFN4O5/c1-2-34-22-11-17(13-28-29-24(31)19-7-6-15(12-27)10-21(19)26)9-20(25)23(22)35-14-16-4-3-5-18(8-16)30(32)33/h3-11,13H,2,14H2,1H3,(H,29,31)/b28-13-. The molecular weight excluding hydrogens is 479 g/mol. The molecule has 0 aromatic heterocycles. The van der Waals surface area contributed by atoms with Crippen molar-refractivity contribution in [3.05, 3.63) is 97.8 Å². The minimum Gasteiger partial charge on any atom is -0.490 e. The first-order valence-corrected chi connectivity index (χ1v) is 10.6. The lowest BCUT2D eigenvalue weighted by molar-refractivity contribution is -0.384. The molecule has 3 aromatic rings. The average molecular weight is 497 g/mol. The van der Waals surface area contributed by atoms with Gasteiger partial charge in [0.1, 0.15) is 12.4 Å². The van der Waals surface area contributed by atoms with Gasteiger partial charge in [0.15, 0.2) is 11.5 Å². The van der Waals surface area contributed by atoms with Crippen LogP contribution in [0.5, 0.6) is 11.5 Å². The highest BCUT2D eigenvalue weighted by molar-refractivity contribution is 6.32. The smallest absolute Gasteiger partial charge is 0.274 e. The molecule has 0 heterocycles. The van der Waals surface area contributed by atoms with Crippen molar-refractivity contribution in [2.75, 3.05) is 6.61 Å². The van der Waals surface area contributed by atoms with Crippen LogP contribution in [0.1, 0.15) is 34.0 Å². The molecule has 9 nitrogen and oxygen atoms in total. The van der Waals surface area contributed by atoms with Crippen molar-refractivity contribution in [1.29, 1.82) is 5.26 Å². The molecule has 0 aliphatic rings. The molecule has 0 aliphatic carbocycles. The second kappa shape index (κ2) is 11.6. The first kappa shape index (κ1) is 25.1. The molecular formula is C24H18ClFN4O5. The molecule has 0 aliphatic heterocycles. The fourth-order valence-corrected chi connectivity index (χ4v) is 3.25. The zero-order valence-corrected chi connectivity index (χ0v) is 19.1. The van der Waals surface area contributed by atoms with Gasteiger partial charge in [-0.2, -0.15) is 10.4 Å². The van der Waals surface area contributed by atoms with Gasteiger partial charge in [0.25, 0.3) is 11.6 Å². The Hall–Kier alpha value is -4.49. The third kappa shape index (κ3) is 6.52. The maximum absolute atomic E-state index is 14.0. The summed E-state index contributed by atoms with van der Waals surface area (Å²) < 4.78 is 25.4. The van der Waals surface area contributed by atoms with E-state index in [-0.39, 0.29) is 34.2 Å². The lowest BCUT2D eigenvalue weighted by Gasteiger charge is -2.14. The molecule has 3 aromatic carbocycles. The summed E-state index contributed by atoms with van der Waals surface area (Å²) in [4.78, 5) is 22.6. The number of ether oxygens (including phenoxy) is 2. The van der Waals surface area contributed by atoms with Gasteiger partial charge in [0.05, 0.1) is 40.0 Å². The van der Waals surface area contributed by atoms with E-state index in [0.29, 0.717) is 23.5 Å². The van der Waals surface area contributed by atoms with Crippen LogP contribution in [0.15, 0.2) is 59.7 Å². The molecule has 1 amide bonds. The van der Waals surface area contributed by atoms with Gasteiger partial charge in [-0.05, 0) is 48.4 Å². The number of nitriles is 1. The fraction of sp³-hybridized carbons (Fsp3) is 0.125. The number of nitrogens with zero attached hydrogens (tertiary/aromatic N) is 3. The minimum atomic E-state index is -0.844. The third-order valence-corrected chi connectivity index (χ3v) is 4.84. The predicted octanol–water partition coefficient (Wildman–Crippen LogP) is 5.00. The molecule has 0 bridgehead atoms. The number of nitrogens with one attached hydrogen (secondary N) is 1. The Balaban J connectivity index is 1.74. The Morgan fingerprint density at radius 1 is 1.26 bits per heavy atom. The molecule has 3 rings (SSSR count). The Bertz CT molecular complexity index is 1340. The van der Waals surface area contributed by atoms with Crippen LogP contribution in [0, 0.1) is 27.3 Å². The van der Waals surface area contributed by atoms with Gasteiger partial charge in [-0.1, -0.05) is 23.7 Å². The number of hydrogen-bond acceptors (Lipinski definition) is 7. The van der Waals surface area contributed by atoms with Crippen molar-refractivity contribution in [3.8, 4) is 17.6 Å². The second-order valence-electron chi connectivity index (χ2n) is 6.98. The molecule has 11 heteroatoms. The Kier molecular flexibility index (Phi) is 8.32. The van der Waals surface area contributed by atoms with Crippen molar-refractivity contribution in [2.24, 2.45) is 5.10 Å². The summed E-state index contributed by atoms with van der Waals surface area (Å²) in [6.07, 6.45) is 1.29. The van der Waals surface area contributed by atoms with Crippen LogP contribution in [0.3, 0.4) is 0 Å². The van der Waals surface area contributed by atoms with Crippen molar-refractivity contribution in [1.82, 2.24) is 5.43 Å². The van der Waals surface area contributed by atoms with Gasteiger partial charge in [0.2, 0.25) is 0 Å². The monoisotopic (exact) mass is 496 g/mol. The Morgan fingerprint density at radius 2 is 2.06 bits per heavy atom. The van der Waals surface area contributed by atoms with Crippen LogP contribution in [0.4, 0.5) is 10.1 Å². The summed E-state index contributed by atoms with van der Waals surface area (Å²) >= 11 is 6.37.